The van der Waals surface area contributed by atoms with Crippen molar-refractivity contribution in [1.82, 2.24) is 4.57 Å². The maximum atomic E-state index is 13.6. The Bertz CT molecular complexity index is 1460. The molecule has 4 rings (SSSR count). The largest absolute Gasteiger partial charge is 0.504 e. The van der Waals surface area contributed by atoms with Crippen LogP contribution in [-0.4, -0.2) is 28.9 Å². The average molecular weight is 590 g/mol. The van der Waals surface area contributed by atoms with E-state index in [0.717, 1.165) is 5.56 Å². The topological polar surface area (TPSA) is 90.1 Å². The van der Waals surface area contributed by atoms with Crippen molar-refractivity contribution in [3.8, 4) is 11.5 Å². The number of allylic oxidation sites excluding steroid dienone is 1. The summed E-state index contributed by atoms with van der Waals surface area (Å²) in [5, 5.41) is 10.2. The van der Waals surface area contributed by atoms with Crippen molar-refractivity contribution >= 4 is 46.0 Å². The first kappa shape index (κ1) is 24.2. The van der Waals surface area contributed by atoms with Crippen molar-refractivity contribution in [2.75, 3.05) is 13.2 Å². The van der Waals surface area contributed by atoms with Gasteiger partial charge in [0.25, 0.3) is 5.56 Å². The summed E-state index contributed by atoms with van der Waals surface area (Å²) in [6, 6.07) is 12.2. The summed E-state index contributed by atoms with van der Waals surface area (Å²) >= 11 is 3.28. The third kappa shape index (κ3) is 4.54. The molecule has 0 saturated carbocycles. The molecule has 0 bridgehead atoms. The fraction of sp³-hybridized carbons (Fsp3) is 0.240. The number of aromatic hydroxyl groups is 1. The maximum absolute atomic E-state index is 13.6. The molecule has 0 fully saturated rings. The van der Waals surface area contributed by atoms with Crippen LogP contribution in [0.2, 0.25) is 0 Å². The monoisotopic (exact) mass is 590 g/mol. The minimum Gasteiger partial charge on any atom is -0.504 e. The van der Waals surface area contributed by atoms with Crippen LogP contribution in [0.4, 0.5) is 0 Å². The average Bonchev–Trinajstić information content (AvgIpc) is 3.11. The van der Waals surface area contributed by atoms with Crippen molar-refractivity contribution in [2.24, 2.45) is 4.99 Å². The van der Waals surface area contributed by atoms with Crippen molar-refractivity contribution < 1.29 is 19.4 Å². The second-order valence-corrected chi connectivity index (χ2v) is 9.67. The summed E-state index contributed by atoms with van der Waals surface area (Å²) in [5.41, 5.74) is 2.13. The summed E-state index contributed by atoms with van der Waals surface area (Å²) in [5.74, 6) is -0.0582. The molecule has 1 atom stereocenters. The van der Waals surface area contributed by atoms with E-state index in [1.807, 2.05) is 59.8 Å². The quantitative estimate of drug-likeness (QED) is 0.351. The predicted octanol–water partition coefficient (Wildman–Crippen LogP) is 3.51. The molecule has 0 saturated heterocycles. The number of phenolic OH excluding ortho intramolecular Hbond substituents is 1. The predicted molar refractivity (Wildman–Crippen MR) is 139 cm³/mol. The molecule has 176 valence electrons. The van der Waals surface area contributed by atoms with E-state index in [1.54, 1.807) is 36.6 Å². The molecule has 0 radical (unpaired) electrons. The molecule has 1 aliphatic rings. The van der Waals surface area contributed by atoms with Gasteiger partial charge in [0.2, 0.25) is 0 Å². The number of carbonyl (C=O) groups excluding carboxylic acids is 1. The van der Waals surface area contributed by atoms with E-state index in [2.05, 4.69) is 4.99 Å². The van der Waals surface area contributed by atoms with Crippen molar-refractivity contribution in [1.29, 1.82) is 0 Å². The zero-order valence-electron chi connectivity index (χ0n) is 18.9. The van der Waals surface area contributed by atoms with Crippen LogP contribution in [0.5, 0.6) is 11.5 Å². The van der Waals surface area contributed by atoms with Gasteiger partial charge in [-0.3, -0.25) is 9.36 Å². The number of hydrogen-bond donors (Lipinski definition) is 1. The van der Waals surface area contributed by atoms with Crippen molar-refractivity contribution in [3.05, 3.63) is 88.1 Å². The zero-order valence-corrected chi connectivity index (χ0v) is 21.8. The number of rotatable bonds is 6. The molecule has 0 amide bonds. The lowest BCUT2D eigenvalue weighted by molar-refractivity contribution is -0.139. The second kappa shape index (κ2) is 10.1. The van der Waals surface area contributed by atoms with Gasteiger partial charge in [-0.2, -0.15) is 0 Å². The Morgan fingerprint density at radius 3 is 2.65 bits per heavy atom. The van der Waals surface area contributed by atoms with Crippen molar-refractivity contribution in [3.63, 3.8) is 0 Å². The Morgan fingerprint density at radius 2 is 1.97 bits per heavy atom. The molecule has 0 spiro atoms. The molecule has 1 N–H and O–H groups in total. The van der Waals surface area contributed by atoms with Crippen LogP contribution in [-0.2, 0) is 9.53 Å². The number of phenols is 1. The SMILES string of the molecule is CCOC(=O)C1=C(C)N=c2s/c(=C\c3cc(I)c(O)c(OCC)c3)c(=O)n2C1c1ccccc1. The normalized spacial score (nSPS) is 15.6. The van der Waals surface area contributed by atoms with Gasteiger partial charge >= 0.3 is 5.97 Å². The fourth-order valence-electron chi connectivity index (χ4n) is 3.84. The van der Waals surface area contributed by atoms with Crippen LogP contribution < -0.4 is 19.6 Å². The molecular formula is C25H23IN2O5S. The number of aromatic nitrogens is 1. The lowest BCUT2D eigenvalue weighted by Crippen LogP contribution is -2.39. The Labute approximate surface area is 213 Å². The molecule has 1 aromatic heterocycles. The van der Waals surface area contributed by atoms with E-state index in [9.17, 15) is 14.7 Å². The molecular weight excluding hydrogens is 567 g/mol. The fourth-order valence-corrected chi connectivity index (χ4v) is 5.51. The summed E-state index contributed by atoms with van der Waals surface area (Å²) < 4.78 is 13.5. The van der Waals surface area contributed by atoms with Gasteiger partial charge in [-0.05, 0) is 72.7 Å². The van der Waals surface area contributed by atoms with E-state index in [1.165, 1.54) is 11.3 Å². The smallest absolute Gasteiger partial charge is 0.338 e. The molecule has 34 heavy (non-hydrogen) atoms. The van der Waals surface area contributed by atoms with Gasteiger partial charge in [0.1, 0.15) is 0 Å². The third-order valence-corrected chi connectivity index (χ3v) is 7.09. The summed E-state index contributed by atoms with van der Waals surface area (Å²) in [6.45, 7) is 5.97. The molecule has 7 nitrogen and oxygen atoms in total. The number of carbonyl (C=O) groups is 1. The molecule has 1 aliphatic heterocycles. The molecule has 2 aromatic carbocycles. The number of nitrogens with zero attached hydrogens (tertiary/aromatic N) is 2. The zero-order chi connectivity index (χ0) is 24.4. The van der Waals surface area contributed by atoms with Gasteiger partial charge in [0.05, 0.1) is 38.6 Å². The van der Waals surface area contributed by atoms with Gasteiger partial charge < -0.3 is 14.6 Å². The number of esters is 1. The van der Waals surface area contributed by atoms with Crippen LogP contribution in [0.25, 0.3) is 6.08 Å². The second-order valence-electron chi connectivity index (χ2n) is 7.50. The summed E-state index contributed by atoms with van der Waals surface area (Å²) in [7, 11) is 0. The van der Waals surface area contributed by atoms with Crippen LogP contribution in [0.3, 0.4) is 0 Å². The Hall–Kier alpha value is -2.92. The van der Waals surface area contributed by atoms with E-state index < -0.39 is 12.0 Å². The number of thiazole rings is 1. The molecule has 1 unspecified atom stereocenters. The van der Waals surface area contributed by atoms with Gasteiger partial charge in [-0.15, -0.1) is 0 Å². The maximum Gasteiger partial charge on any atom is 0.338 e. The van der Waals surface area contributed by atoms with E-state index in [0.29, 0.717) is 42.1 Å². The van der Waals surface area contributed by atoms with Crippen LogP contribution in [0.15, 0.2) is 63.5 Å². The highest BCUT2D eigenvalue weighted by Crippen LogP contribution is 2.33. The highest BCUT2D eigenvalue weighted by atomic mass is 127. The first-order valence-corrected chi connectivity index (χ1v) is 12.6. The molecule has 2 heterocycles. The van der Waals surface area contributed by atoms with Gasteiger partial charge in [0.15, 0.2) is 16.3 Å². The van der Waals surface area contributed by atoms with Gasteiger partial charge in [-0.1, -0.05) is 41.7 Å². The van der Waals surface area contributed by atoms with Gasteiger partial charge in [-0.25, -0.2) is 9.79 Å². The van der Waals surface area contributed by atoms with E-state index in [-0.39, 0.29) is 17.9 Å². The van der Waals surface area contributed by atoms with Crippen LogP contribution >= 0.6 is 33.9 Å². The van der Waals surface area contributed by atoms with E-state index >= 15 is 0 Å². The van der Waals surface area contributed by atoms with E-state index in [4.69, 9.17) is 9.47 Å². The Balaban J connectivity index is 1.93. The lowest BCUT2D eigenvalue weighted by atomic mass is 9.96. The first-order valence-electron chi connectivity index (χ1n) is 10.8. The van der Waals surface area contributed by atoms with Crippen LogP contribution in [0, 0.1) is 3.57 Å². The summed E-state index contributed by atoms with van der Waals surface area (Å²) in [4.78, 5) is 31.6. The first-order chi connectivity index (χ1) is 16.3. The van der Waals surface area contributed by atoms with Crippen molar-refractivity contribution in [2.45, 2.75) is 26.8 Å². The summed E-state index contributed by atoms with van der Waals surface area (Å²) in [6.07, 6.45) is 1.75. The Kier molecular flexibility index (Phi) is 7.22. The molecule has 0 aliphatic carbocycles. The Morgan fingerprint density at radius 1 is 1.24 bits per heavy atom. The minimum absolute atomic E-state index is 0.0693. The molecule has 9 heteroatoms. The number of ether oxygens (including phenoxy) is 2. The van der Waals surface area contributed by atoms with Crippen LogP contribution in [0.1, 0.15) is 37.9 Å². The lowest BCUT2D eigenvalue weighted by Gasteiger charge is -2.24. The standard InChI is InChI=1S/C25H23IN2O5S/c1-4-32-18-12-15(11-17(26)22(18)29)13-19-23(30)28-21(16-9-7-6-8-10-16)20(24(31)33-5-2)14(3)27-25(28)34-19/h6-13,21,29H,4-5H2,1-3H3/b19-13-. The number of fused-ring (bicyclic) bond motifs is 1. The highest BCUT2D eigenvalue weighted by Gasteiger charge is 2.33. The number of hydrogen-bond acceptors (Lipinski definition) is 7. The highest BCUT2D eigenvalue weighted by molar-refractivity contribution is 14.1. The minimum atomic E-state index is -0.641. The van der Waals surface area contributed by atoms with Gasteiger partial charge in [0, 0.05) is 0 Å². The number of benzene rings is 2. The third-order valence-electron chi connectivity index (χ3n) is 5.28. The molecule has 3 aromatic rings. The number of halogens is 1.